The third-order valence-electron chi connectivity index (χ3n) is 2.75. The van der Waals surface area contributed by atoms with Gasteiger partial charge >= 0.3 is 0 Å². The van der Waals surface area contributed by atoms with Gasteiger partial charge in [-0.15, -0.1) is 6.58 Å². The van der Waals surface area contributed by atoms with Gasteiger partial charge in [0.2, 0.25) is 0 Å². The molecule has 1 aromatic rings. The molecule has 0 bridgehead atoms. The number of benzene rings is 1. The summed E-state index contributed by atoms with van der Waals surface area (Å²) in [5.41, 5.74) is 6.56. The smallest absolute Gasteiger partial charge is 0.0466 e. The number of rotatable bonds is 5. The number of hydrogen-bond donors (Lipinski definition) is 2. The second-order valence-corrected chi connectivity index (χ2v) is 5.02. The Morgan fingerprint density at radius 2 is 2.25 bits per heavy atom. The van der Waals surface area contributed by atoms with Crippen molar-refractivity contribution >= 4 is 15.9 Å². The van der Waals surface area contributed by atoms with Crippen LogP contribution < -0.4 is 11.3 Å². The van der Waals surface area contributed by atoms with Crippen molar-refractivity contribution in [1.82, 2.24) is 5.43 Å². The first-order valence-corrected chi connectivity index (χ1v) is 6.21. The van der Waals surface area contributed by atoms with Crippen LogP contribution in [0.25, 0.3) is 0 Å². The zero-order valence-electron chi connectivity index (χ0n) is 9.89. The van der Waals surface area contributed by atoms with E-state index in [0.29, 0.717) is 0 Å². The van der Waals surface area contributed by atoms with E-state index in [0.717, 1.165) is 17.3 Å². The first kappa shape index (κ1) is 13.4. The molecule has 1 atom stereocenters. The van der Waals surface area contributed by atoms with Gasteiger partial charge in [-0.25, -0.2) is 0 Å². The Hall–Kier alpha value is -0.640. The molecule has 1 rings (SSSR count). The molecule has 1 aromatic carbocycles. The molecular weight excluding hydrogens is 264 g/mol. The monoisotopic (exact) mass is 282 g/mol. The first-order chi connectivity index (χ1) is 7.56. The van der Waals surface area contributed by atoms with Gasteiger partial charge in [-0.3, -0.25) is 11.3 Å². The molecule has 3 heteroatoms. The van der Waals surface area contributed by atoms with E-state index >= 15 is 0 Å². The normalized spacial score (nSPS) is 12.5. The first-order valence-electron chi connectivity index (χ1n) is 5.41. The lowest BCUT2D eigenvalue weighted by Gasteiger charge is -2.19. The van der Waals surface area contributed by atoms with Crippen molar-refractivity contribution in [2.75, 3.05) is 0 Å². The van der Waals surface area contributed by atoms with Crippen LogP contribution in [-0.4, -0.2) is 0 Å². The van der Waals surface area contributed by atoms with Crippen LogP contribution in [0.3, 0.4) is 0 Å². The second-order valence-electron chi connectivity index (χ2n) is 4.17. The fourth-order valence-electron chi connectivity index (χ4n) is 1.72. The highest BCUT2D eigenvalue weighted by Gasteiger charge is 2.13. The molecule has 0 spiro atoms. The standard InChI is InChI=1S/C13H19BrN2/c1-9(2)7-8-13(16-15)11-5-4-6-12(14)10(11)3/h4-6,13,16H,1,7-8,15H2,2-3H3. The summed E-state index contributed by atoms with van der Waals surface area (Å²) < 4.78 is 1.13. The molecule has 2 nitrogen and oxygen atoms in total. The Morgan fingerprint density at radius 1 is 1.56 bits per heavy atom. The van der Waals surface area contributed by atoms with Crippen LogP contribution >= 0.6 is 15.9 Å². The van der Waals surface area contributed by atoms with Gasteiger partial charge in [-0.1, -0.05) is 33.6 Å². The Labute approximate surface area is 106 Å². The lowest BCUT2D eigenvalue weighted by atomic mass is 9.97. The summed E-state index contributed by atoms with van der Waals surface area (Å²) in [6.45, 7) is 8.06. The predicted molar refractivity (Wildman–Crippen MR) is 73.0 cm³/mol. The molecule has 0 aromatic heterocycles. The highest BCUT2D eigenvalue weighted by atomic mass is 79.9. The van der Waals surface area contributed by atoms with Gasteiger partial charge in [-0.05, 0) is 43.9 Å². The summed E-state index contributed by atoms with van der Waals surface area (Å²) in [5.74, 6) is 5.62. The van der Waals surface area contributed by atoms with Crippen LogP contribution in [0.15, 0.2) is 34.8 Å². The summed E-state index contributed by atoms with van der Waals surface area (Å²) in [5, 5.41) is 0. The predicted octanol–water partition coefficient (Wildman–Crippen LogP) is 3.62. The number of nitrogens with one attached hydrogen (secondary N) is 1. The molecular formula is C13H19BrN2. The van der Waals surface area contributed by atoms with Crippen molar-refractivity contribution in [3.8, 4) is 0 Å². The maximum Gasteiger partial charge on any atom is 0.0466 e. The van der Waals surface area contributed by atoms with E-state index in [1.165, 1.54) is 16.7 Å². The molecule has 0 aliphatic carbocycles. The minimum absolute atomic E-state index is 0.189. The van der Waals surface area contributed by atoms with Gasteiger partial charge in [-0.2, -0.15) is 0 Å². The summed E-state index contributed by atoms with van der Waals surface area (Å²) >= 11 is 3.54. The fourth-order valence-corrected chi connectivity index (χ4v) is 2.10. The van der Waals surface area contributed by atoms with Crippen LogP contribution in [0.4, 0.5) is 0 Å². The van der Waals surface area contributed by atoms with Crippen LogP contribution in [0.1, 0.15) is 36.9 Å². The van der Waals surface area contributed by atoms with E-state index < -0.39 is 0 Å². The van der Waals surface area contributed by atoms with Gasteiger partial charge in [0.15, 0.2) is 0 Å². The molecule has 3 N–H and O–H groups in total. The van der Waals surface area contributed by atoms with Crippen LogP contribution in [-0.2, 0) is 0 Å². The minimum atomic E-state index is 0.189. The highest BCUT2D eigenvalue weighted by molar-refractivity contribution is 9.10. The summed E-state index contributed by atoms with van der Waals surface area (Å²) in [4.78, 5) is 0. The minimum Gasteiger partial charge on any atom is -0.271 e. The fraction of sp³-hybridized carbons (Fsp3) is 0.385. The van der Waals surface area contributed by atoms with Gasteiger partial charge < -0.3 is 0 Å². The lowest BCUT2D eigenvalue weighted by molar-refractivity contribution is 0.513. The van der Waals surface area contributed by atoms with Gasteiger partial charge in [0.1, 0.15) is 0 Å². The molecule has 0 saturated carbocycles. The Balaban J connectivity index is 2.86. The number of allylic oxidation sites excluding steroid dienone is 1. The van der Waals surface area contributed by atoms with Gasteiger partial charge in [0.05, 0.1) is 0 Å². The van der Waals surface area contributed by atoms with Crippen molar-refractivity contribution in [1.29, 1.82) is 0 Å². The van der Waals surface area contributed by atoms with Crippen molar-refractivity contribution in [3.63, 3.8) is 0 Å². The molecule has 0 fully saturated rings. The number of hydrogen-bond acceptors (Lipinski definition) is 2. The Morgan fingerprint density at radius 3 is 2.81 bits per heavy atom. The molecule has 0 aliphatic heterocycles. The van der Waals surface area contributed by atoms with Crippen molar-refractivity contribution in [3.05, 3.63) is 46.0 Å². The zero-order chi connectivity index (χ0) is 12.1. The van der Waals surface area contributed by atoms with Crippen molar-refractivity contribution in [2.45, 2.75) is 32.7 Å². The molecule has 0 aliphatic rings. The molecule has 0 radical (unpaired) electrons. The largest absolute Gasteiger partial charge is 0.271 e. The quantitative estimate of drug-likeness (QED) is 0.492. The number of nitrogens with two attached hydrogens (primary N) is 1. The second kappa shape index (κ2) is 6.18. The summed E-state index contributed by atoms with van der Waals surface area (Å²) in [6.07, 6.45) is 1.96. The van der Waals surface area contributed by atoms with Crippen molar-refractivity contribution < 1.29 is 0 Å². The maximum absolute atomic E-state index is 5.62. The molecule has 1 unspecified atom stereocenters. The summed E-state index contributed by atoms with van der Waals surface area (Å²) in [7, 11) is 0. The molecule has 16 heavy (non-hydrogen) atoms. The van der Waals surface area contributed by atoms with Crippen molar-refractivity contribution in [2.24, 2.45) is 5.84 Å². The third-order valence-corrected chi connectivity index (χ3v) is 3.61. The average molecular weight is 283 g/mol. The third kappa shape index (κ3) is 3.44. The molecule has 0 amide bonds. The number of halogens is 1. The van der Waals surface area contributed by atoms with Gasteiger partial charge in [0.25, 0.3) is 0 Å². The highest BCUT2D eigenvalue weighted by Crippen LogP contribution is 2.27. The maximum atomic E-state index is 5.62. The topological polar surface area (TPSA) is 38.0 Å². The van der Waals surface area contributed by atoms with Crippen LogP contribution in [0.5, 0.6) is 0 Å². The lowest BCUT2D eigenvalue weighted by Crippen LogP contribution is -2.28. The molecule has 0 heterocycles. The van der Waals surface area contributed by atoms with E-state index in [2.05, 4.69) is 40.9 Å². The Bertz CT molecular complexity index is 374. The van der Waals surface area contributed by atoms with E-state index in [1.54, 1.807) is 0 Å². The summed E-state index contributed by atoms with van der Waals surface area (Å²) in [6, 6.07) is 6.39. The SMILES string of the molecule is C=C(C)CCC(NN)c1cccc(Br)c1C. The average Bonchev–Trinajstić information content (AvgIpc) is 2.24. The van der Waals surface area contributed by atoms with E-state index in [4.69, 9.17) is 5.84 Å². The molecule has 0 saturated heterocycles. The van der Waals surface area contributed by atoms with E-state index in [1.807, 2.05) is 19.1 Å². The molecule has 88 valence electrons. The van der Waals surface area contributed by atoms with Gasteiger partial charge in [0, 0.05) is 10.5 Å². The Kier molecular flexibility index (Phi) is 5.19. The van der Waals surface area contributed by atoms with E-state index in [9.17, 15) is 0 Å². The van der Waals surface area contributed by atoms with Crippen LogP contribution in [0, 0.1) is 6.92 Å². The van der Waals surface area contributed by atoms with Crippen LogP contribution in [0.2, 0.25) is 0 Å². The zero-order valence-corrected chi connectivity index (χ0v) is 11.5. The van der Waals surface area contributed by atoms with E-state index in [-0.39, 0.29) is 6.04 Å². The number of hydrazine groups is 1.